The summed E-state index contributed by atoms with van der Waals surface area (Å²) < 4.78 is 6.64. The molecule has 1 amide bonds. The van der Waals surface area contributed by atoms with E-state index in [1.54, 1.807) is 29.9 Å². The number of carbonyl (C=O) groups is 1. The van der Waals surface area contributed by atoms with Crippen LogP contribution in [0.4, 0.5) is 0 Å². The van der Waals surface area contributed by atoms with Gasteiger partial charge in [-0.15, -0.1) is 0 Å². The van der Waals surface area contributed by atoms with Crippen molar-refractivity contribution in [3.63, 3.8) is 0 Å². The first-order valence-corrected chi connectivity index (χ1v) is 9.53. The van der Waals surface area contributed by atoms with Crippen LogP contribution in [0.15, 0.2) is 28.2 Å². The van der Waals surface area contributed by atoms with Gasteiger partial charge in [-0.3, -0.25) is 14.2 Å². The molecule has 0 unspecified atom stereocenters. The second kappa shape index (κ2) is 8.21. The Balaban J connectivity index is 1.82. The van der Waals surface area contributed by atoms with Crippen molar-refractivity contribution >= 4 is 40.2 Å². The van der Waals surface area contributed by atoms with E-state index in [1.807, 2.05) is 0 Å². The Morgan fingerprint density at radius 2 is 2.28 bits per heavy atom. The van der Waals surface area contributed by atoms with Gasteiger partial charge in [0.1, 0.15) is 0 Å². The molecule has 0 bridgehead atoms. The Bertz CT molecular complexity index is 836. The van der Waals surface area contributed by atoms with Gasteiger partial charge in [0, 0.05) is 18.7 Å². The maximum absolute atomic E-state index is 12.7. The number of hydrogen-bond acceptors (Lipinski definition) is 5. The van der Waals surface area contributed by atoms with Crippen molar-refractivity contribution in [3.05, 3.63) is 33.6 Å². The van der Waals surface area contributed by atoms with E-state index in [2.05, 4.69) is 10.3 Å². The van der Waals surface area contributed by atoms with Crippen molar-refractivity contribution < 1.29 is 9.53 Å². The highest BCUT2D eigenvalue weighted by Gasteiger charge is 2.21. The molecule has 134 valence electrons. The molecule has 3 rings (SSSR count). The van der Waals surface area contributed by atoms with Crippen molar-refractivity contribution in [1.82, 2.24) is 14.9 Å². The molecular weight excluding hydrogens is 362 g/mol. The fourth-order valence-corrected chi connectivity index (χ4v) is 3.45. The number of aromatic nitrogens is 2. The third-order valence-electron chi connectivity index (χ3n) is 4.02. The molecular formula is C17H20ClN3O3S. The SMILES string of the molecule is COCCn1c(SCC(=O)NCC2CC2)nc2cc(Cl)ccc2c1=O. The maximum Gasteiger partial charge on any atom is 0.262 e. The van der Waals surface area contributed by atoms with E-state index in [1.165, 1.54) is 24.6 Å². The minimum Gasteiger partial charge on any atom is -0.383 e. The number of rotatable bonds is 8. The number of nitrogens with one attached hydrogen (secondary N) is 1. The number of halogens is 1. The molecule has 25 heavy (non-hydrogen) atoms. The molecule has 1 N–H and O–H groups in total. The van der Waals surface area contributed by atoms with E-state index in [0.717, 1.165) is 6.54 Å². The zero-order chi connectivity index (χ0) is 17.8. The van der Waals surface area contributed by atoms with Crippen LogP contribution in [0, 0.1) is 5.92 Å². The highest BCUT2D eigenvalue weighted by atomic mass is 35.5. The molecule has 0 atom stereocenters. The number of fused-ring (bicyclic) bond motifs is 1. The van der Waals surface area contributed by atoms with Crippen molar-refractivity contribution in [2.24, 2.45) is 5.92 Å². The lowest BCUT2D eigenvalue weighted by Gasteiger charge is -2.13. The smallest absolute Gasteiger partial charge is 0.262 e. The van der Waals surface area contributed by atoms with Crippen molar-refractivity contribution in [2.75, 3.05) is 26.0 Å². The fraction of sp³-hybridized carbons (Fsp3) is 0.471. The Hall–Kier alpha value is -1.57. The van der Waals surface area contributed by atoms with E-state index < -0.39 is 0 Å². The number of amides is 1. The van der Waals surface area contributed by atoms with Gasteiger partial charge in [0.05, 0.1) is 29.8 Å². The summed E-state index contributed by atoms with van der Waals surface area (Å²) in [7, 11) is 1.58. The van der Waals surface area contributed by atoms with Gasteiger partial charge in [-0.1, -0.05) is 23.4 Å². The summed E-state index contributed by atoms with van der Waals surface area (Å²) in [6.45, 7) is 1.51. The normalized spacial score (nSPS) is 14.0. The number of carbonyl (C=O) groups excluding carboxylic acids is 1. The molecule has 1 aromatic heterocycles. The number of thioether (sulfide) groups is 1. The van der Waals surface area contributed by atoms with E-state index in [0.29, 0.717) is 40.2 Å². The third kappa shape index (κ3) is 4.74. The predicted molar refractivity (Wildman–Crippen MR) is 99.3 cm³/mol. The highest BCUT2D eigenvalue weighted by molar-refractivity contribution is 7.99. The van der Waals surface area contributed by atoms with Crippen LogP contribution in [0.5, 0.6) is 0 Å². The van der Waals surface area contributed by atoms with Crippen LogP contribution in [0.2, 0.25) is 5.02 Å². The first kappa shape index (κ1) is 18.2. The summed E-state index contributed by atoms with van der Waals surface area (Å²) in [5.41, 5.74) is 0.381. The standard InChI is InChI=1S/C17H20ClN3O3S/c1-24-7-6-21-16(23)13-5-4-12(18)8-14(13)20-17(21)25-10-15(22)19-9-11-2-3-11/h4-5,8,11H,2-3,6-7,9-10H2,1H3,(H,19,22). The van der Waals surface area contributed by atoms with E-state index >= 15 is 0 Å². The van der Waals surface area contributed by atoms with Gasteiger partial charge >= 0.3 is 0 Å². The van der Waals surface area contributed by atoms with E-state index in [-0.39, 0.29) is 17.2 Å². The van der Waals surface area contributed by atoms with Crippen LogP contribution < -0.4 is 10.9 Å². The molecule has 6 nitrogen and oxygen atoms in total. The van der Waals surface area contributed by atoms with Gasteiger partial charge < -0.3 is 10.1 Å². The summed E-state index contributed by atoms with van der Waals surface area (Å²) in [6, 6.07) is 5.01. The highest BCUT2D eigenvalue weighted by Crippen LogP contribution is 2.27. The van der Waals surface area contributed by atoms with Crippen LogP contribution in [-0.2, 0) is 16.1 Å². The molecule has 1 fully saturated rings. The molecule has 1 saturated carbocycles. The van der Waals surface area contributed by atoms with Crippen molar-refractivity contribution in [1.29, 1.82) is 0 Å². The molecule has 1 aromatic carbocycles. The lowest BCUT2D eigenvalue weighted by atomic mass is 10.2. The van der Waals surface area contributed by atoms with Gasteiger partial charge in [-0.05, 0) is 37.0 Å². The van der Waals surface area contributed by atoms with Gasteiger partial charge in [0.15, 0.2) is 5.16 Å². The monoisotopic (exact) mass is 381 g/mol. The third-order valence-corrected chi connectivity index (χ3v) is 5.23. The molecule has 0 saturated heterocycles. The van der Waals surface area contributed by atoms with Gasteiger partial charge in [0.2, 0.25) is 5.91 Å². The lowest BCUT2D eigenvalue weighted by molar-refractivity contribution is -0.118. The first-order valence-electron chi connectivity index (χ1n) is 8.17. The summed E-state index contributed by atoms with van der Waals surface area (Å²) in [6.07, 6.45) is 2.38. The molecule has 8 heteroatoms. The summed E-state index contributed by atoms with van der Waals surface area (Å²) >= 11 is 7.26. The average Bonchev–Trinajstić information content (AvgIpc) is 3.41. The second-order valence-corrected chi connectivity index (χ2v) is 7.42. The van der Waals surface area contributed by atoms with Gasteiger partial charge in [-0.2, -0.15) is 0 Å². The number of hydrogen-bond donors (Lipinski definition) is 1. The number of nitrogens with zero attached hydrogens (tertiary/aromatic N) is 2. The van der Waals surface area contributed by atoms with Crippen molar-refractivity contribution in [3.8, 4) is 0 Å². The molecule has 1 aliphatic rings. The van der Waals surface area contributed by atoms with Crippen LogP contribution in [-0.4, -0.2) is 41.5 Å². The zero-order valence-corrected chi connectivity index (χ0v) is 15.5. The number of methoxy groups -OCH3 is 1. The predicted octanol–water partition coefficient (Wildman–Crippen LogP) is 2.31. The maximum atomic E-state index is 12.7. The molecule has 0 aliphatic heterocycles. The lowest BCUT2D eigenvalue weighted by Crippen LogP contribution is -2.29. The Morgan fingerprint density at radius 3 is 3.00 bits per heavy atom. The Morgan fingerprint density at radius 1 is 1.48 bits per heavy atom. The summed E-state index contributed by atoms with van der Waals surface area (Å²) in [4.78, 5) is 29.3. The minimum atomic E-state index is -0.153. The topological polar surface area (TPSA) is 73.2 Å². The van der Waals surface area contributed by atoms with Crippen LogP contribution in [0.3, 0.4) is 0 Å². The van der Waals surface area contributed by atoms with Crippen LogP contribution in [0.1, 0.15) is 12.8 Å². The fourth-order valence-electron chi connectivity index (χ4n) is 2.43. The van der Waals surface area contributed by atoms with Crippen LogP contribution >= 0.6 is 23.4 Å². The van der Waals surface area contributed by atoms with Gasteiger partial charge in [-0.25, -0.2) is 4.98 Å². The molecule has 2 aromatic rings. The summed E-state index contributed by atoms with van der Waals surface area (Å²) in [5.74, 6) is 0.809. The molecule has 1 aliphatic carbocycles. The first-order chi connectivity index (χ1) is 12.1. The van der Waals surface area contributed by atoms with Crippen LogP contribution in [0.25, 0.3) is 10.9 Å². The molecule has 0 spiro atoms. The number of ether oxygens (including phenoxy) is 1. The largest absolute Gasteiger partial charge is 0.383 e. The van der Waals surface area contributed by atoms with E-state index in [9.17, 15) is 9.59 Å². The quantitative estimate of drug-likeness (QED) is 0.561. The summed E-state index contributed by atoms with van der Waals surface area (Å²) in [5, 5.41) is 4.44. The number of benzene rings is 1. The molecule has 1 heterocycles. The van der Waals surface area contributed by atoms with Gasteiger partial charge in [0.25, 0.3) is 5.56 Å². The van der Waals surface area contributed by atoms with Crippen molar-refractivity contribution in [2.45, 2.75) is 24.5 Å². The Kier molecular flexibility index (Phi) is 5.98. The minimum absolute atomic E-state index is 0.0457. The van der Waals surface area contributed by atoms with E-state index in [4.69, 9.17) is 16.3 Å². The second-order valence-electron chi connectivity index (χ2n) is 6.04. The average molecular weight is 382 g/mol. The molecule has 0 radical (unpaired) electrons. The zero-order valence-electron chi connectivity index (χ0n) is 14.0. The Labute approximate surface area is 154 Å².